The second-order valence-corrected chi connectivity index (χ2v) is 8.78. The van der Waals surface area contributed by atoms with Crippen molar-refractivity contribution in [3.05, 3.63) is 35.4 Å². The maximum absolute atomic E-state index is 13.2. The lowest BCUT2D eigenvalue weighted by atomic mass is 9.88. The van der Waals surface area contributed by atoms with Gasteiger partial charge in [-0.05, 0) is 64.5 Å². The van der Waals surface area contributed by atoms with E-state index >= 15 is 0 Å². The zero-order chi connectivity index (χ0) is 21.7. The van der Waals surface area contributed by atoms with E-state index in [4.69, 9.17) is 0 Å². The van der Waals surface area contributed by atoms with Crippen LogP contribution in [0, 0.1) is 12.8 Å². The highest BCUT2D eigenvalue weighted by Gasteiger charge is 2.36. The van der Waals surface area contributed by atoms with Crippen LogP contribution in [0.2, 0.25) is 0 Å². The summed E-state index contributed by atoms with van der Waals surface area (Å²) in [5, 5.41) is 5.95. The van der Waals surface area contributed by atoms with Crippen LogP contribution in [0.15, 0.2) is 24.3 Å². The molecule has 4 amide bonds. The summed E-state index contributed by atoms with van der Waals surface area (Å²) >= 11 is 0. The van der Waals surface area contributed by atoms with Gasteiger partial charge in [-0.2, -0.15) is 0 Å². The van der Waals surface area contributed by atoms with Crippen LogP contribution in [-0.4, -0.2) is 65.9 Å². The van der Waals surface area contributed by atoms with Crippen LogP contribution < -0.4 is 10.6 Å². The molecular formula is C23H34N4O3. The molecule has 0 aromatic heterocycles. The molecule has 2 heterocycles. The van der Waals surface area contributed by atoms with Gasteiger partial charge < -0.3 is 20.4 Å². The molecule has 7 heteroatoms. The molecule has 7 nitrogen and oxygen atoms in total. The first-order valence-corrected chi connectivity index (χ1v) is 11.1. The molecule has 2 fully saturated rings. The number of piperidine rings is 1. The first kappa shape index (κ1) is 22.1. The number of carbonyl (C=O) groups excluding carboxylic acids is 3. The normalized spacial score (nSPS) is 18.4. The number of nitrogens with zero attached hydrogens (tertiary/aromatic N) is 2. The quantitative estimate of drug-likeness (QED) is 0.777. The Morgan fingerprint density at radius 2 is 1.50 bits per heavy atom. The van der Waals surface area contributed by atoms with Crippen LogP contribution in [0.5, 0.6) is 0 Å². The molecule has 2 aliphatic rings. The number of likely N-dealkylation sites (tertiary alicyclic amines) is 2. The molecule has 0 spiro atoms. The van der Waals surface area contributed by atoms with Crippen molar-refractivity contribution in [2.24, 2.45) is 5.92 Å². The Morgan fingerprint density at radius 1 is 0.900 bits per heavy atom. The Morgan fingerprint density at radius 3 is 2.07 bits per heavy atom. The lowest BCUT2D eigenvalue weighted by Crippen LogP contribution is -2.55. The van der Waals surface area contributed by atoms with Crippen molar-refractivity contribution in [1.82, 2.24) is 20.4 Å². The predicted molar refractivity (Wildman–Crippen MR) is 116 cm³/mol. The van der Waals surface area contributed by atoms with E-state index in [0.29, 0.717) is 31.5 Å². The minimum atomic E-state index is -0.549. The third kappa shape index (κ3) is 5.52. The molecule has 2 saturated heterocycles. The summed E-state index contributed by atoms with van der Waals surface area (Å²) < 4.78 is 0. The Hall–Kier alpha value is -2.57. The van der Waals surface area contributed by atoms with Gasteiger partial charge >= 0.3 is 6.03 Å². The molecule has 1 aromatic rings. The van der Waals surface area contributed by atoms with Gasteiger partial charge in [0, 0.05) is 37.8 Å². The van der Waals surface area contributed by atoms with Crippen LogP contribution in [0.25, 0.3) is 0 Å². The fourth-order valence-corrected chi connectivity index (χ4v) is 4.22. The molecule has 0 radical (unpaired) electrons. The Labute approximate surface area is 179 Å². The van der Waals surface area contributed by atoms with Crippen LogP contribution in [0.1, 0.15) is 55.5 Å². The molecule has 3 rings (SSSR count). The first-order chi connectivity index (χ1) is 14.3. The van der Waals surface area contributed by atoms with E-state index in [0.717, 1.165) is 31.5 Å². The van der Waals surface area contributed by atoms with Gasteiger partial charge in [0.15, 0.2) is 0 Å². The molecule has 2 N–H and O–H groups in total. The van der Waals surface area contributed by atoms with Gasteiger partial charge in [-0.15, -0.1) is 0 Å². The summed E-state index contributed by atoms with van der Waals surface area (Å²) in [7, 11) is 0. The highest BCUT2D eigenvalue weighted by atomic mass is 16.2. The van der Waals surface area contributed by atoms with Crippen LogP contribution in [0.4, 0.5) is 4.79 Å². The minimum absolute atomic E-state index is 0.0121. The van der Waals surface area contributed by atoms with E-state index in [1.165, 1.54) is 0 Å². The number of amides is 4. The zero-order valence-corrected chi connectivity index (χ0v) is 18.3. The van der Waals surface area contributed by atoms with E-state index < -0.39 is 6.04 Å². The summed E-state index contributed by atoms with van der Waals surface area (Å²) in [6.45, 7) is 8.55. The van der Waals surface area contributed by atoms with E-state index in [1.807, 2.05) is 37.8 Å². The van der Waals surface area contributed by atoms with Gasteiger partial charge in [0.1, 0.15) is 6.04 Å². The second-order valence-electron chi connectivity index (χ2n) is 8.78. The summed E-state index contributed by atoms with van der Waals surface area (Å²) in [5.74, 6) is -0.179. The number of rotatable bonds is 5. The molecule has 0 bridgehead atoms. The Bertz CT molecular complexity index is 748. The highest BCUT2D eigenvalue weighted by molar-refractivity contribution is 5.97. The second kappa shape index (κ2) is 9.96. The lowest BCUT2D eigenvalue weighted by Gasteiger charge is -2.37. The standard InChI is InChI=1S/C23H34N4O3/c1-16(2)24-23(30)27-14-10-18(11-15-27)20(22(29)26-12-4-5-13-26)25-21(28)19-8-6-17(3)7-9-19/h6-9,16,18,20H,4-5,10-15H2,1-3H3,(H,24,30)(H,25,28)/t20-/m1/s1. The van der Waals surface area contributed by atoms with Gasteiger partial charge in [0.25, 0.3) is 5.91 Å². The average Bonchev–Trinajstić information content (AvgIpc) is 3.26. The average molecular weight is 415 g/mol. The molecule has 0 saturated carbocycles. The third-order valence-electron chi connectivity index (χ3n) is 5.99. The molecule has 1 aromatic carbocycles. The smallest absolute Gasteiger partial charge is 0.317 e. The van der Waals surface area contributed by atoms with E-state index in [1.54, 1.807) is 17.0 Å². The van der Waals surface area contributed by atoms with Crippen LogP contribution in [-0.2, 0) is 4.79 Å². The molecule has 0 aliphatic carbocycles. The highest BCUT2D eigenvalue weighted by Crippen LogP contribution is 2.24. The van der Waals surface area contributed by atoms with Crippen molar-refractivity contribution >= 4 is 17.8 Å². The Balaban J connectivity index is 1.68. The number of hydrogen-bond donors (Lipinski definition) is 2. The van der Waals surface area contributed by atoms with Gasteiger partial charge in [-0.25, -0.2) is 4.79 Å². The number of aryl methyl sites for hydroxylation is 1. The first-order valence-electron chi connectivity index (χ1n) is 11.1. The van der Waals surface area contributed by atoms with E-state index in [9.17, 15) is 14.4 Å². The molecule has 30 heavy (non-hydrogen) atoms. The largest absolute Gasteiger partial charge is 0.341 e. The number of carbonyl (C=O) groups is 3. The van der Waals surface area contributed by atoms with Gasteiger partial charge in [-0.3, -0.25) is 9.59 Å². The van der Waals surface area contributed by atoms with Crippen LogP contribution in [0.3, 0.4) is 0 Å². The zero-order valence-electron chi connectivity index (χ0n) is 18.3. The molecule has 1 atom stereocenters. The van der Waals surface area contributed by atoms with Crippen molar-refractivity contribution in [3.63, 3.8) is 0 Å². The SMILES string of the molecule is Cc1ccc(C(=O)N[C@@H](C(=O)N2CCCC2)C2CCN(C(=O)NC(C)C)CC2)cc1. The summed E-state index contributed by atoms with van der Waals surface area (Å²) in [6.07, 6.45) is 3.42. The fourth-order valence-electron chi connectivity index (χ4n) is 4.22. The summed E-state index contributed by atoms with van der Waals surface area (Å²) in [5.41, 5.74) is 1.65. The van der Waals surface area contributed by atoms with Crippen LogP contribution >= 0.6 is 0 Å². The van der Waals surface area contributed by atoms with Crippen molar-refractivity contribution < 1.29 is 14.4 Å². The number of urea groups is 1. The monoisotopic (exact) mass is 414 g/mol. The van der Waals surface area contributed by atoms with Crippen molar-refractivity contribution in [2.45, 2.75) is 58.5 Å². The maximum Gasteiger partial charge on any atom is 0.317 e. The summed E-state index contributed by atoms with van der Waals surface area (Å²) in [4.78, 5) is 42.1. The predicted octanol–water partition coefficient (Wildman–Crippen LogP) is 2.55. The van der Waals surface area contributed by atoms with Gasteiger partial charge in [0.2, 0.25) is 5.91 Å². The van der Waals surface area contributed by atoms with Crippen molar-refractivity contribution in [3.8, 4) is 0 Å². The van der Waals surface area contributed by atoms with E-state index in [2.05, 4.69) is 10.6 Å². The summed E-state index contributed by atoms with van der Waals surface area (Å²) in [6, 6.07) is 6.87. The minimum Gasteiger partial charge on any atom is -0.341 e. The number of benzene rings is 1. The van der Waals surface area contributed by atoms with Gasteiger partial charge in [-0.1, -0.05) is 17.7 Å². The lowest BCUT2D eigenvalue weighted by molar-refractivity contribution is -0.134. The molecule has 164 valence electrons. The van der Waals surface area contributed by atoms with Crippen molar-refractivity contribution in [1.29, 1.82) is 0 Å². The fraction of sp³-hybridized carbons (Fsp3) is 0.609. The van der Waals surface area contributed by atoms with Gasteiger partial charge in [0.05, 0.1) is 0 Å². The number of hydrogen-bond acceptors (Lipinski definition) is 3. The number of nitrogens with one attached hydrogen (secondary N) is 2. The Kier molecular flexibility index (Phi) is 7.34. The third-order valence-corrected chi connectivity index (χ3v) is 5.99. The topological polar surface area (TPSA) is 81.8 Å². The molecule has 2 aliphatic heterocycles. The molecular weight excluding hydrogens is 380 g/mol. The molecule has 0 unspecified atom stereocenters. The van der Waals surface area contributed by atoms with Crippen molar-refractivity contribution in [2.75, 3.05) is 26.2 Å². The maximum atomic E-state index is 13.2. The van der Waals surface area contributed by atoms with E-state index in [-0.39, 0.29) is 29.8 Å².